The lowest BCUT2D eigenvalue weighted by atomic mass is 9.98. The van der Waals surface area contributed by atoms with Crippen LogP contribution in [0.5, 0.6) is 0 Å². The van der Waals surface area contributed by atoms with E-state index >= 15 is 0 Å². The van der Waals surface area contributed by atoms with Gasteiger partial charge in [0, 0.05) is 19.0 Å². The Hall–Kier alpha value is -1.35. The van der Waals surface area contributed by atoms with Crippen molar-refractivity contribution in [2.45, 2.75) is 58.5 Å². The van der Waals surface area contributed by atoms with Crippen molar-refractivity contribution >= 4 is 5.91 Å². The van der Waals surface area contributed by atoms with E-state index in [0.29, 0.717) is 19.0 Å². The number of piperidine rings is 1. The summed E-state index contributed by atoms with van der Waals surface area (Å²) < 4.78 is 0. The first-order valence-electron chi connectivity index (χ1n) is 8.09. The molecule has 2 rings (SSSR count). The summed E-state index contributed by atoms with van der Waals surface area (Å²) in [5.41, 5.74) is 3.71. The van der Waals surface area contributed by atoms with Gasteiger partial charge in [0.15, 0.2) is 0 Å². The molecule has 1 amide bonds. The zero-order valence-corrected chi connectivity index (χ0v) is 13.6. The van der Waals surface area contributed by atoms with Gasteiger partial charge in [0.05, 0.1) is 0 Å². The number of nitrogens with one attached hydrogen (secondary N) is 1. The third kappa shape index (κ3) is 4.85. The maximum atomic E-state index is 12.0. The third-order valence-corrected chi connectivity index (χ3v) is 4.61. The molecular weight excluding hydrogens is 260 g/mol. The van der Waals surface area contributed by atoms with Gasteiger partial charge in [-0.3, -0.25) is 4.79 Å². The van der Waals surface area contributed by atoms with Crippen molar-refractivity contribution in [3.63, 3.8) is 0 Å². The van der Waals surface area contributed by atoms with Gasteiger partial charge in [0.1, 0.15) is 0 Å². The number of nitrogens with zero attached hydrogens (tertiary/aromatic N) is 1. The van der Waals surface area contributed by atoms with Crippen molar-refractivity contribution in [1.82, 2.24) is 10.2 Å². The molecule has 1 aliphatic heterocycles. The average molecular weight is 288 g/mol. The summed E-state index contributed by atoms with van der Waals surface area (Å²) in [5.74, 6) is 0.176. The number of aryl methyl sites for hydroxylation is 2. The Morgan fingerprint density at radius 1 is 1.33 bits per heavy atom. The molecule has 0 aliphatic carbocycles. The second kappa shape index (κ2) is 7.60. The smallest absolute Gasteiger partial charge is 0.220 e. The monoisotopic (exact) mass is 288 g/mol. The van der Waals surface area contributed by atoms with E-state index in [1.165, 1.54) is 42.5 Å². The highest BCUT2D eigenvalue weighted by atomic mass is 16.1. The molecule has 3 nitrogen and oxygen atoms in total. The molecule has 1 aliphatic rings. The number of benzene rings is 1. The minimum atomic E-state index is 0.176. The zero-order valence-electron chi connectivity index (χ0n) is 13.6. The fourth-order valence-corrected chi connectivity index (χ4v) is 3.08. The largest absolute Gasteiger partial charge is 0.352 e. The Bertz CT molecular complexity index is 484. The van der Waals surface area contributed by atoms with Crippen LogP contribution in [-0.4, -0.2) is 30.4 Å². The molecule has 21 heavy (non-hydrogen) atoms. The van der Waals surface area contributed by atoms with Crippen LogP contribution >= 0.6 is 0 Å². The van der Waals surface area contributed by atoms with Crippen LogP contribution in [0.2, 0.25) is 0 Å². The first-order valence-corrected chi connectivity index (χ1v) is 8.09. The first-order chi connectivity index (χ1) is 10.1. The van der Waals surface area contributed by atoms with Gasteiger partial charge in [-0.2, -0.15) is 0 Å². The third-order valence-electron chi connectivity index (χ3n) is 4.61. The summed E-state index contributed by atoms with van der Waals surface area (Å²) in [6.07, 6.45) is 5.46. The normalized spacial score (nSPS) is 19.5. The zero-order chi connectivity index (χ0) is 15.2. The van der Waals surface area contributed by atoms with E-state index in [2.05, 4.69) is 49.3 Å². The maximum Gasteiger partial charge on any atom is 0.220 e. The second-order valence-electron chi connectivity index (χ2n) is 6.38. The summed E-state index contributed by atoms with van der Waals surface area (Å²) in [5, 5.41) is 3.06. The molecule has 0 aromatic heterocycles. The number of hydrogen-bond donors (Lipinski definition) is 1. The molecule has 1 aromatic rings. The fraction of sp³-hybridized carbons (Fsp3) is 0.611. The molecule has 1 N–H and O–H groups in total. The van der Waals surface area contributed by atoms with Crippen LogP contribution in [0.1, 0.15) is 48.8 Å². The highest BCUT2D eigenvalue weighted by Crippen LogP contribution is 2.19. The predicted octanol–water partition coefficient (Wildman–Crippen LogP) is 3.18. The van der Waals surface area contributed by atoms with Crippen LogP contribution in [0.25, 0.3) is 0 Å². The highest BCUT2D eigenvalue weighted by Gasteiger charge is 2.19. The van der Waals surface area contributed by atoms with E-state index in [4.69, 9.17) is 0 Å². The highest BCUT2D eigenvalue weighted by molar-refractivity contribution is 5.75. The number of amides is 1. The van der Waals surface area contributed by atoms with Crippen LogP contribution in [0, 0.1) is 13.8 Å². The summed E-state index contributed by atoms with van der Waals surface area (Å²) in [6, 6.07) is 6.97. The summed E-state index contributed by atoms with van der Waals surface area (Å²) in [4.78, 5) is 14.4. The van der Waals surface area contributed by atoms with Gasteiger partial charge in [0.25, 0.3) is 0 Å². The van der Waals surface area contributed by atoms with E-state index in [1.807, 2.05) is 0 Å². The second-order valence-corrected chi connectivity index (χ2v) is 6.38. The Kier molecular flexibility index (Phi) is 5.80. The Labute approximate surface area is 128 Å². The summed E-state index contributed by atoms with van der Waals surface area (Å²) in [7, 11) is 2.18. The lowest BCUT2D eigenvalue weighted by Gasteiger charge is -2.32. The molecule has 1 heterocycles. The van der Waals surface area contributed by atoms with Crippen molar-refractivity contribution in [1.29, 1.82) is 0 Å². The van der Waals surface area contributed by atoms with Gasteiger partial charge >= 0.3 is 0 Å². The van der Waals surface area contributed by atoms with Crippen molar-refractivity contribution < 1.29 is 4.79 Å². The van der Waals surface area contributed by atoms with Gasteiger partial charge < -0.3 is 10.2 Å². The molecule has 0 radical (unpaired) electrons. The van der Waals surface area contributed by atoms with Crippen LogP contribution < -0.4 is 5.32 Å². The van der Waals surface area contributed by atoms with Crippen molar-refractivity contribution in [2.75, 3.05) is 13.6 Å². The fourth-order valence-electron chi connectivity index (χ4n) is 3.08. The minimum absolute atomic E-state index is 0.176. The van der Waals surface area contributed by atoms with Gasteiger partial charge in [-0.25, -0.2) is 0 Å². The van der Waals surface area contributed by atoms with Crippen LogP contribution in [0.4, 0.5) is 0 Å². The molecule has 0 saturated carbocycles. The topological polar surface area (TPSA) is 32.3 Å². The molecule has 1 fully saturated rings. The molecule has 1 aromatic carbocycles. The lowest BCUT2D eigenvalue weighted by molar-refractivity contribution is -0.121. The summed E-state index contributed by atoms with van der Waals surface area (Å²) >= 11 is 0. The van der Waals surface area contributed by atoms with Crippen molar-refractivity contribution in [3.8, 4) is 0 Å². The number of rotatable bonds is 5. The molecule has 1 saturated heterocycles. The molecule has 0 unspecified atom stereocenters. The van der Waals surface area contributed by atoms with Crippen LogP contribution in [0.3, 0.4) is 0 Å². The average Bonchev–Trinajstić information content (AvgIpc) is 2.47. The van der Waals surface area contributed by atoms with Crippen molar-refractivity contribution in [2.24, 2.45) is 0 Å². The Balaban J connectivity index is 1.75. The molecule has 116 valence electrons. The number of carbonyl (C=O) groups is 1. The molecule has 3 heteroatoms. The summed E-state index contributed by atoms with van der Waals surface area (Å²) in [6.45, 7) is 6.00. The number of likely N-dealkylation sites (tertiary alicyclic amines) is 1. The predicted molar refractivity (Wildman–Crippen MR) is 87.3 cm³/mol. The van der Waals surface area contributed by atoms with E-state index in [0.717, 1.165) is 6.42 Å². The van der Waals surface area contributed by atoms with E-state index in [-0.39, 0.29) is 5.91 Å². The Morgan fingerprint density at radius 3 is 2.90 bits per heavy atom. The first kappa shape index (κ1) is 16.0. The number of carbonyl (C=O) groups excluding carboxylic acids is 1. The standard InChI is InChI=1S/C18H28N2O/c1-14-7-8-15(2)16(12-14)13-19-18(21)10-9-17-6-4-5-11-20(17)3/h7-8,12,17H,4-6,9-11,13H2,1-3H3,(H,19,21)/t17-/m1/s1. The van der Waals surface area contributed by atoms with Crippen molar-refractivity contribution in [3.05, 3.63) is 34.9 Å². The maximum absolute atomic E-state index is 12.0. The van der Waals surface area contributed by atoms with E-state index in [1.54, 1.807) is 0 Å². The quantitative estimate of drug-likeness (QED) is 0.902. The van der Waals surface area contributed by atoms with E-state index < -0.39 is 0 Å². The van der Waals surface area contributed by atoms with Crippen LogP contribution in [-0.2, 0) is 11.3 Å². The molecule has 1 atom stereocenters. The van der Waals surface area contributed by atoms with Gasteiger partial charge in [0.2, 0.25) is 5.91 Å². The number of hydrogen-bond acceptors (Lipinski definition) is 2. The Morgan fingerprint density at radius 2 is 2.14 bits per heavy atom. The molecular formula is C18H28N2O. The van der Waals surface area contributed by atoms with Gasteiger partial charge in [-0.1, -0.05) is 30.2 Å². The molecule has 0 bridgehead atoms. The minimum Gasteiger partial charge on any atom is -0.352 e. The molecule has 0 spiro atoms. The van der Waals surface area contributed by atoms with Crippen LogP contribution in [0.15, 0.2) is 18.2 Å². The SMILES string of the molecule is Cc1ccc(C)c(CNC(=O)CC[C@H]2CCCCN2C)c1. The lowest BCUT2D eigenvalue weighted by Crippen LogP contribution is -2.37. The van der Waals surface area contributed by atoms with E-state index in [9.17, 15) is 4.79 Å². The van der Waals surface area contributed by atoms with Gasteiger partial charge in [-0.15, -0.1) is 0 Å². The van der Waals surface area contributed by atoms with Gasteiger partial charge in [-0.05, 0) is 57.8 Å².